The topological polar surface area (TPSA) is 83.1 Å². The molecule has 0 saturated heterocycles. The lowest BCUT2D eigenvalue weighted by Gasteiger charge is -2.10. The summed E-state index contributed by atoms with van der Waals surface area (Å²) in [7, 11) is 0. The highest BCUT2D eigenvalue weighted by Gasteiger charge is 2.08. The van der Waals surface area contributed by atoms with Crippen molar-refractivity contribution in [3.05, 3.63) is 78.1 Å². The van der Waals surface area contributed by atoms with Gasteiger partial charge in [-0.25, -0.2) is 0 Å². The van der Waals surface area contributed by atoms with Crippen LogP contribution in [0, 0.1) is 6.92 Å². The lowest BCUT2D eigenvalue weighted by molar-refractivity contribution is -0.114. The van der Waals surface area contributed by atoms with Gasteiger partial charge in [0.15, 0.2) is 0 Å². The third-order valence-electron chi connectivity index (χ3n) is 3.77. The molecule has 0 spiro atoms. The normalized spacial score (nSPS) is 10.1. The zero-order valence-electron chi connectivity index (χ0n) is 15.1. The minimum atomic E-state index is -0.224. The van der Waals surface area contributed by atoms with E-state index in [0.29, 0.717) is 11.3 Å². The van der Waals surface area contributed by atoms with Crippen LogP contribution in [0.5, 0.6) is 0 Å². The number of anilines is 4. The van der Waals surface area contributed by atoms with Gasteiger partial charge >= 0.3 is 0 Å². The van der Waals surface area contributed by atoms with Gasteiger partial charge in [-0.05, 0) is 55.0 Å². The predicted octanol–water partition coefficient (Wildman–Crippen LogP) is 4.34. The van der Waals surface area contributed by atoms with Crippen molar-refractivity contribution in [2.45, 2.75) is 13.8 Å². The Hall–Kier alpha value is -3.67. The van der Waals surface area contributed by atoms with Gasteiger partial charge in [0.2, 0.25) is 5.91 Å². The summed E-state index contributed by atoms with van der Waals surface area (Å²) in [4.78, 5) is 27.7. The van der Waals surface area contributed by atoms with Crippen LogP contribution in [0.15, 0.2) is 67.0 Å². The van der Waals surface area contributed by atoms with Gasteiger partial charge in [-0.1, -0.05) is 12.1 Å². The Morgan fingerprint density at radius 1 is 0.815 bits per heavy atom. The van der Waals surface area contributed by atoms with Gasteiger partial charge in [0.1, 0.15) is 0 Å². The first-order valence-electron chi connectivity index (χ1n) is 8.47. The summed E-state index contributed by atoms with van der Waals surface area (Å²) in [6.07, 6.45) is 3.17. The maximum Gasteiger partial charge on any atom is 0.257 e. The van der Waals surface area contributed by atoms with Crippen molar-refractivity contribution in [3.8, 4) is 0 Å². The van der Waals surface area contributed by atoms with Gasteiger partial charge in [0.05, 0.1) is 17.4 Å². The number of aryl methyl sites for hydroxylation is 1. The molecular formula is C21H20N4O2. The number of benzene rings is 2. The second-order valence-electron chi connectivity index (χ2n) is 6.17. The van der Waals surface area contributed by atoms with E-state index in [4.69, 9.17) is 0 Å². The Morgan fingerprint density at radius 3 is 2.26 bits per heavy atom. The summed E-state index contributed by atoms with van der Waals surface area (Å²) in [6.45, 7) is 3.43. The molecule has 6 nitrogen and oxygen atoms in total. The van der Waals surface area contributed by atoms with Crippen molar-refractivity contribution < 1.29 is 9.59 Å². The van der Waals surface area contributed by atoms with E-state index in [-0.39, 0.29) is 11.8 Å². The summed E-state index contributed by atoms with van der Waals surface area (Å²) in [5, 5.41) is 8.78. The molecule has 0 fully saturated rings. The van der Waals surface area contributed by atoms with E-state index in [0.717, 1.165) is 22.6 Å². The molecule has 0 aliphatic carbocycles. The van der Waals surface area contributed by atoms with E-state index >= 15 is 0 Å². The Kier molecular flexibility index (Phi) is 5.47. The van der Waals surface area contributed by atoms with Crippen LogP contribution in [0.2, 0.25) is 0 Å². The Bertz CT molecular complexity index is 968. The molecule has 27 heavy (non-hydrogen) atoms. The average Bonchev–Trinajstić information content (AvgIpc) is 2.63. The van der Waals surface area contributed by atoms with E-state index < -0.39 is 0 Å². The van der Waals surface area contributed by atoms with Crippen LogP contribution in [-0.4, -0.2) is 16.8 Å². The van der Waals surface area contributed by atoms with Crippen molar-refractivity contribution in [2.75, 3.05) is 16.0 Å². The molecule has 136 valence electrons. The van der Waals surface area contributed by atoms with Gasteiger partial charge in [0.25, 0.3) is 5.91 Å². The minimum absolute atomic E-state index is 0.118. The van der Waals surface area contributed by atoms with Gasteiger partial charge in [-0.15, -0.1) is 0 Å². The summed E-state index contributed by atoms with van der Waals surface area (Å²) in [5.74, 6) is -0.343. The molecule has 3 N–H and O–H groups in total. The summed E-state index contributed by atoms with van der Waals surface area (Å²) in [6, 6.07) is 16.6. The van der Waals surface area contributed by atoms with Crippen LogP contribution in [0.4, 0.5) is 22.7 Å². The van der Waals surface area contributed by atoms with Crippen molar-refractivity contribution in [1.82, 2.24) is 4.98 Å². The first kappa shape index (κ1) is 18.1. The van der Waals surface area contributed by atoms with Gasteiger partial charge in [-0.3, -0.25) is 14.6 Å². The molecule has 1 heterocycles. The monoisotopic (exact) mass is 360 g/mol. The molecule has 0 atom stereocenters. The van der Waals surface area contributed by atoms with E-state index in [9.17, 15) is 9.59 Å². The summed E-state index contributed by atoms with van der Waals surface area (Å²) >= 11 is 0. The number of nitrogens with zero attached hydrogens (tertiary/aromatic N) is 1. The first-order chi connectivity index (χ1) is 13.0. The largest absolute Gasteiger partial charge is 0.354 e. The fraction of sp³-hybridized carbons (Fsp3) is 0.0952. The number of amides is 2. The first-order valence-corrected chi connectivity index (χ1v) is 8.47. The van der Waals surface area contributed by atoms with Crippen molar-refractivity contribution >= 4 is 34.6 Å². The second kappa shape index (κ2) is 8.14. The zero-order chi connectivity index (χ0) is 19.2. The van der Waals surface area contributed by atoms with Crippen molar-refractivity contribution in [2.24, 2.45) is 0 Å². The fourth-order valence-corrected chi connectivity index (χ4v) is 2.57. The van der Waals surface area contributed by atoms with Crippen LogP contribution >= 0.6 is 0 Å². The van der Waals surface area contributed by atoms with Crippen LogP contribution in [0.25, 0.3) is 0 Å². The van der Waals surface area contributed by atoms with Crippen LogP contribution in [-0.2, 0) is 4.79 Å². The van der Waals surface area contributed by atoms with Crippen molar-refractivity contribution in [3.63, 3.8) is 0 Å². The van der Waals surface area contributed by atoms with Gasteiger partial charge < -0.3 is 16.0 Å². The molecule has 3 rings (SSSR count). The maximum absolute atomic E-state index is 12.5. The Morgan fingerprint density at radius 2 is 1.56 bits per heavy atom. The zero-order valence-corrected chi connectivity index (χ0v) is 15.1. The van der Waals surface area contributed by atoms with Gasteiger partial charge in [0, 0.05) is 30.2 Å². The number of nitrogens with one attached hydrogen (secondary N) is 3. The molecule has 0 saturated carbocycles. The highest BCUT2D eigenvalue weighted by atomic mass is 16.2. The number of hydrogen-bond donors (Lipinski definition) is 3. The maximum atomic E-state index is 12.5. The Balaban J connectivity index is 1.69. The number of carbonyl (C=O) groups is 2. The number of aromatic nitrogens is 1. The minimum Gasteiger partial charge on any atom is -0.354 e. The number of carbonyl (C=O) groups excluding carboxylic acids is 2. The van der Waals surface area contributed by atoms with Gasteiger partial charge in [-0.2, -0.15) is 0 Å². The molecule has 2 amide bonds. The lowest BCUT2D eigenvalue weighted by Crippen LogP contribution is -2.12. The SMILES string of the molecule is CC(=O)Nc1ccc(Nc2cncc(C(=O)Nc3cccc(C)c3)c2)cc1. The van der Waals surface area contributed by atoms with Crippen LogP contribution in [0.1, 0.15) is 22.8 Å². The molecule has 2 aromatic carbocycles. The quantitative estimate of drug-likeness (QED) is 0.632. The second-order valence-corrected chi connectivity index (χ2v) is 6.17. The molecule has 0 aliphatic heterocycles. The number of hydrogen-bond acceptors (Lipinski definition) is 4. The lowest BCUT2D eigenvalue weighted by atomic mass is 10.2. The average molecular weight is 360 g/mol. The predicted molar refractivity (Wildman–Crippen MR) is 107 cm³/mol. The molecule has 3 aromatic rings. The van der Waals surface area contributed by atoms with Crippen molar-refractivity contribution in [1.29, 1.82) is 0 Å². The summed E-state index contributed by atoms with van der Waals surface area (Å²) < 4.78 is 0. The molecule has 0 aliphatic rings. The molecular weight excluding hydrogens is 340 g/mol. The molecule has 1 aromatic heterocycles. The van der Waals surface area contributed by atoms with E-state index in [1.165, 1.54) is 13.1 Å². The smallest absolute Gasteiger partial charge is 0.257 e. The van der Waals surface area contributed by atoms with E-state index in [2.05, 4.69) is 20.9 Å². The standard InChI is InChI=1S/C21H20N4O2/c1-14-4-3-5-19(10-14)25-21(27)16-11-20(13-22-12-16)24-18-8-6-17(7-9-18)23-15(2)26/h3-13,24H,1-2H3,(H,23,26)(H,25,27). The highest BCUT2D eigenvalue weighted by molar-refractivity contribution is 6.04. The van der Waals surface area contributed by atoms with E-state index in [1.807, 2.05) is 43.3 Å². The fourth-order valence-electron chi connectivity index (χ4n) is 2.57. The molecule has 0 radical (unpaired) electrons. The third-order valence-corrected chi connectivity index (χ3v) is 3.77. The third kappa shape index (κ3) is 5.15. The molecule has 6 heteroatoms. The number of rotatable bonds is 5. The molecule has 0 unspecified atom stereocenters. The molecule has 0 bridgehead atoms. The highest BCUT2D eigenvalue weighted by Crippen LogP contribution is 2.20. The Labute approximate surface area is 157 Å². The van der Waals surface area contributed by atoms with E-state index in [1.54, 1.807) is 24.4 Å². The number of pyridine rings is 1. The van der Waals surface area contributed by atoms with Crippen LogP contribution < -0.4 is 16.0 Å². The summed E-state index contributed by atoms with van der Waals surface area (Å²) in [5.41, 5.74) is 4.51. The van der Waals surface area contributed by atoms with Crippen LogP contribution in [0.3, 0.4) is 0 Å².